The van der Waals surface area contributed by atoms with Gasteiger partial charge >= 0.3 is 0 Å². The van der Waals surface area contributed by atoms with Crippen molar-refractivity contribution in [3.63, 3.8) is 0 Å². The lowest BCUT2D eigenvalue weighted by Gasteiger charge is -2.36. The van der Waals surface area contributed by atoms with Crippen LogP contribution >= 0.6 is 0 Å². The number of nitrogens with two attached hydrogens (primary N) is 1. The van der Waals surface area contributed by atoms with E-state index in [0.29, 0.717) is 19.5 Å². The Morgan fingerprint density at radius 3 is 2.85 bits per heavy atom. The van der Waals surface area contributed by atoms with Crippen LogP contribution < -0.4 is 5.73 Å². The number of benzene rings is 1. The maximum atomic E-state index is 14.1. The van der Waals surface area contributed by atoms with Gasteiger partial charge in [-0.05, 0) is 50.8 Å². The number of rotatable bonds is 3. The minimum absolute atomic E-state index is 0.0134. The van der Waals surface area contributed by atoms with E-state index in [0.717, 1.165) is 25.3 Å². The van der Waals surface area contributed by atoms with E-state index in [1.54, 1.807) is 4.90 Å². The Morgan fingerprint density at radius 2 is 2.15 bits per heavy atom. The van der Waals surface area contributed by atoms with Gasteiger partial charge in [0, 0.05) is 12.6 Å². The molecule has 1 aliphatic rings. The molecular weight excluding hydrogens is 262 g/mol. The standard InChI is InChI=1S/C15H20F2N2O/c1-10-5-6-12(16)13(14(10)17)15(20)19-9-3-2-4-11(19)7-8-18/h5-6,11H,2-4,7-9,18H2,1H3. The monoisotopic (exact) mass is 282 g/mol. The van der Waals surface area contributed by atoms with E-state index in [2.05, 4.69) is 0 Å². The molecule has 1 aromatic carbocycles. The van der Waals surface area contributed by atoms with E-state index in [1.807, 2.05) is 0 Å². The van der Waals surface area contributed by atoms with E-state index in [1.165, 1.54) is 13.0 Å². The molecular formula is C15H20F2N2O. The fourth-order valence-electron chi connectivity index (χ4n) is 2.76. The Morgan fingerprint density at radius 1 is 1.40 bits per heavy atom. The van der Waals surface area contributed by atoms with Crippen LogP contribution in [-0.4, -0.2) is 29.9 Å². The summed E-state index contributed by atoms with van der Waals surface area (Å²) in [4.78, 5) is 14.1. The van der Waals surface area contributed by atoms with E-state index >= 15 is 0 Å². The second kappa shape index (κ2) is 6.31. The van der Waals surface area contributed by atoms with Crippen LogP contribution in [0.25, 0.3) is 0 Å². The molecule has 1 saturated heterocycles. The first-order valence-corrected chi connectivity index (χ1v) is 7.02. The molecule has 1 fully saturated rings. The molecule has 0 aliphatic carbocycles. The van der Waals surface area contributed by atoms with Gasteiger partial charge in [0.2, 0.25) is 0 Å². The van der Waals surface area contributed by atoms with E-state index in [9.17, 15) is 13.6 Å². The Bertz CT molecular complexity index is 503. The fourth-order valence-corrected chi connectivity index (χ4v) is 2.76. The highest BCUT2D eigenvalue weighted by Crippen LogP contribution is 2.25. The molecule has 5 heteroatoms. The van der Waals surface area contributed by atoms with Crippen molar-refractivity contribution in [3.8, 4) is 0 Å². The number of aryl methyl sites for hydroxylation is 1. The number of hydrogen-bond donors (Lipinski definition) is 1. The van der Waals surface area contributed by atoms with Crippen LogP contribution in [0.15, 0.2) is 12.1 Å². The average molecular weight is 282 g/mol. The maximum Gasteiger partial charge on any atom is 0.260 e. The van der Waals surface area contributed by atoms with Crippen molar-refractivity contribution in [2.45, 2.75) is 38.6 Å². The van der Waals surface area contributed by atoms with E-state index in [4.69, 9.17) is 5.73 Å². The van der Waals surface area contributed by atoms with Crippen molar-refractivity contribution in [1.29, 1.82) is 0 Å². The summed E-state index contributed by atoms with van der Waals surface area (Å²) in [5, 5.41) is 0. The molecule has 1 atom stereocenters. The minimum Gasteiger partial charge on any atom is -0.335 e. The Labute approximate surface area is 117 Å². The third-order valence-corrected chi connectivity index (χ3v) is 3.89. The van der Waals surface area contributed by atoms with Gasteiger partial charge in [-0.25, -0.2) is 8.78 Å². The van der Waals surface area contributed by atoms with Crippen molar-refractivity contribution in [2.24, 2.45) is 5.73 Å². The molecule has 1 heterocycles. The minimum atomic E-state index is -0.796. The Hall–Kier alpha value is -1.49. The zero-order chi connectivity index (χ0) is 14.7. The van der Waals surface area contributed by atoms with Crippen LogP contribution in [0.4, 0.5) is 8.78 Å². The number of piperidine rings is 1. The molecule has 0 bridgehead atoms. The molecule has 1 aromatic rings. The van der Waals surface area contributed by atoms with Crippen molar-refractivity contribution in [1.82, 2.24) is 4.90 Å². The summed E-state index contributed by atoms with van der Waals surface area (Å²) in [5.41, 5.74) is 5.40. The van der Waals surface area contributed by atoms with Gasteiger partial charge in [-0.3, -0.25) is 4.79 Å². The molecule has 0 radical (unpaired) electrons. The van der Waals surface area contributed by atoms with Crippen molar-refractivity contribution >= 4 is 5.91 Å². The van der Waals surface area contributed by atoms with Crippen LogP contribution in [0.1, 0.15) is 41.6 Å². The molecule has 2 rings (SSSR count). The Kier molecular flexibility index (Phi) is 4.70. The molecule has 20 heavy (non-hydrogen) atoms. The molecule has 1 unspecified atom stereocenters. The zero-order valence-electron chi connectivity index (χ0n) is 11.7. The lowest BCUT2D eigenvalue weighted by molar-refractivity contribution is 0.0595. The first-order chi connectivity index (χ1) is 9.56. The number of carbonyl (C=O) groups excluding carboxylic acids is 1. The summed E-state index contributed by atoms with van der Waals surface area (Å²) in [6.45, 7) is 2.53. The lowest BCUT2D eigenvalue weighted by atomic mass is 9.97. The highest BCUT2D eigenvalue weighted by atomic mass is 19.1. The normalized spacial score (nSPS) is 19.2. The van der Waals surface area contributed by atoms with Crippen LogP contribution in [0.3, 0.4) is 0 Å². The first-order valence-electron chi connectivity index (χ1n) is 7.02. The van der Waals surface area contributed by atoms with Crippen LogP contribution in [-0.2, 0) is 0 Å². The number of hydrogen-bond acceptors (Lipinski definition) is 2. The third-order valence-electron chi connectivity index (χ3n) is 3.89. The lowest BCUT2D eigenvalue weighted by Crippen LogP contribution is -2.45. The number of likely N-dealkylation sites (tertiary alicyclic amines) is 1. The second-order valence-electron chi connectivity index (χ2n) is 5.28. The average Bonchev–Trinajstić information content (AvgIpc) is 2.44. The molecule has 0 spiro atoms. The number of carbonyl (C=O) groups is 1. The topological polar surface area (TPSA) is 46.3 Å². The largest absolute Gasteiger partial charge is 0.335 e. The fraction of sp³-hybridized carbons (Fsp3) is 0.533. The van der Waals surface area contributed by atoms with Gasteiger partial charge in [0.05, 0.1) is 0 Å². The molecule has 0 aromatic heterocycles. The number of nitrogens with zero attached hydrogens (tertiary/aromatic N) is 1. The highest BCUT2D eigenvalue weighted by molar-refractivity contribution is 5.95. The van der Waals surface area contributed by atoms with Gasteiger partial charge in [-0.2, -0.15) is 0 Å². The zero-order valence-corrected chi connectivity index (χ0v) is 11.7. The van der Waals surface area contributed by atoms with Crippen LogP contribution in [0.5, 0.6) is 0 Å². The molecule has 1 aliphatic heterocycles. The maximum absolute atomic E-state index is 14.1. The predicted octanol–water partition coefficient (Wildman–Crippen LogP) is 2.62. The van der Waals surface area contributed by atoms with Gasteiger partial charge in [0.15, 0.2) is 0 Å². The third kappa shape index (κ3) is 2.82. The molecule has 1 amide bonds. The van der Waals surface area contributed by atoms with Gasteiger partial charge in [-0.1, -0.05) is 6.07 Å². The predicted molar refractivity (Wildman–Crippen MR) is 73.4 cm³/mol. The molecule has 0 saturated carbocycles. The summed E-state index contributed by atoms with van der Waals surface area (Å²) in [7, 11) is 0. The van der Waals surface area contributed by atoms with E-state index in [-0.39, 0.29) is 11.6 Å². The number of halogens is 2. The van der Waals surface area contributed by atoms with Gasteiger partial charge in [0.1, 0.15) is 17.2 Å². The highest BCUT2D eigenvalue weighted by Gasteiger charge is 2.30. The van der Waals surface area contributed by atoms with Gasteiger partial charge in [0.25, 0.3) is 5.91 Å². The summed E-state index contributed by atoms with van der Waals surface area (Å²) in [5.74, 6) is -2.11. The van der Waals surface area contributed by atoms with Gasteiger partial charge in [-0.15, -0.1) is 0 Å². The summed E-state index contributed by atoms with van der Waals surface area (Å²) in [6.07, 6.45) is 3.40. The second-order valence-corrected chi connectivity index (χ2v) is 5.28. The summed E-state index contributed by atoms with van der Waals surface area (Å²) >= 11 is 0. The quantitative estimate of drug-likeness (QED) is 0.926. The summed E-state index contributed by atoms with van der Waals surface area (Å²) in [6, 6.07) is 2.48. The van der Waals surface area contributed by atoms with Crippen LogP contribution in [0.2, 0.25) is 0 Å². The first kappa shape index (κ1) is 14.9. The molecule has 110 valence electrons. The van der Waals surface area contributed by atoms with E-state index < -0.39 is 23.1 Å². The van der Waals surface area contributed by atoms with Gasteiger partial charge < -0.3 is 10.6 Å². The Balaban J connectivity index is 2.32. The summed E-state index contributed by atoms with van der Waals surface area (Å²) < 4.78 is 27.9. The van der Waals surface area contributed by atoms with Crippen LogP contribution in [0, 0.1) is 18.6 Å². The van der Waals surface area contributed by atoms with Crippen molar-refractivity contribution in [2.75, 3.05) is 13.1 Å². The van der Waals surface area contributed by atoms with Crippen molar-refractivity contribution < 1.29 is 13.6 Å². The molecule has 2 N–H and O–H groups in total. The molecule has 3 nitrogen and oxygen atoms in total. The smallest absolute Gasteiger partial charge is 0.260 e. The SMILES string of the molecule is Cc1ccc(F)c(C(=O)N2CCCCC2CCN)c1F. The van der Waals surface area contributed by atoms with Crippen molar-refractivity contribution in [3.05, 3.63) is 34.9 Å². The number of amides is 1.